The van der Waals surface area contributed by atoms with Crippen molar-refractivity contribution in [2.45, 2.75) is 12.7 Å². The van der Waals surface area contributed by atoms with Crippen molar-refractivity contribution in [1.29, 1.82) is 0 Å². The van der Waals surface area contributed by atoms with Gasteiger partial charge in [0.25, 0.3) is 0 Å². The van der Waals surface area contributed by atoms with Gasteiger partial charge >= 0.3 is 12.1 Å². The molecule has 2 nitrogen and oxygen atoms in total. The van der Waals surface area contributed by atoms with Gasteiger partial charge < -0.3 is 5.32 Å². The molecule has 1 aromatic rings. The fourth-order valence-corrected chi connectivity index (χ4v) is 1.33. The number of carbonyl (C=O) groups is 1. The molecule has 1 aromatic heterocycles. The third kappa shape index (κ3) is 3.06. The zero-order chi connectivity index (χ0) is 9.90. The molecule has 0 atom stereocenters. The number of amides is 1. The van der Waals surface area contributed by atoms with Crippen LogP contribution in [0.15, 0.2) is 17.5 Å². The Balaban J connectivity index is 2.40. The van der Waals surface area contributed by atoms with Crippen LogP contribution in [0, 0.1) is 0 Å². The van der Waals surface area contributed by atoms with Gasteiger partial charge in [0.1, 0.15) is 0 Å². The van der Waals surface area contributed by atoms with Crippen LogP contribution in [0.5, 0.6) is 0 Å². The maximum Gasteiger partial charge on any atom is 0.471 e. The van der Waals surface area contributed by atoms with Gasteiger partial charge in [0.05, 0.1) is 6.54 Å². The fraction of sp³-hybridized carbons (Fsp3) is 0.286. The average Bonchev–Trinajstić information content (AvgIpc) is 2.50. The summed E-state index contributed by atoms with van der Waals surface area (Å²) in [6, 6.07) is 3.36. The lowest BCUT2D eigenvalue weighted by atomic mass is 10.4. The zero-order valence-electron chi connectivity index (χ0n) is 6.39. The largest absolute Gasteiger partial charge is 0.471 e. The summed E-state index contributed by atoms with van der Waals surface area (Å²) in [6.45, 7) is -0.0734. The standard InChI is InChI=1S/C7H6F3NOS/c8-7(9,10)6(12)11-4-5-2-1-3-13-5/h1-3H,4H2,(H,11,12). The third-order valence-corrected chi connectivity index (χ3v) is 2.14. The van der Waals surface area contributed by atoms with Crippen molar-refractivity contribution in [1.82, 2.24) is 5.32 Å². The highest BCUT2D eigenvalue weighted by Crippen LogP contribution is 2.15. The first-order valence-corrected chi connectivity index (χ1v) is 4.25. The SMILES string of the molecule is O=C(NCc1cccs1)C(F)(F)F. The molecule has 0 saturated carbocycles. The van der Waals surface area contributed by atoms with Crippen molar-refractivity contribution in [2.24, 2.45) is 0 Å². The molecule has 1 rings (SSSR count). The van der Waals surface area contributed by atoms with Gasteiger partial charge in [-0.1, -0.05) is 6.07 Å². The summed E-state index contributed by atoms with van der Waals surface area (Å²) in [6.07, 6.45) is -4.79. The van der Waals surface area contributed by atoms with E-state index in [1.807, 2.05) is 0 Å². The minimum atomic E-state index is -4.79. The fourth-order valence-electron chi connectivity index (χ4n) is 0.681. The summed E-state index contributed by atoms with van der Waals surface area (Å²) in [7, 11) is 0. The number of thiophene rings is 1. The Morgan fingerprint density at radius 1 is 1.54 bits per heavy atom. The molecule has 1 amide bonds. The molecular weight excluding hydrogens is 203 g/mol. The Labute approximate surface area is 76.4 Å². The molecule has 0 aliphatic heterocycles. The maximum absolute atomic E-state index is 11.7. The van der Waals surface area contributed by atoms with E-state index in [2.05, 4.69) is 0 Å². The number of carbonyl (C=O) groups excluding carboxylic acids is 1. The van der Waals surface area contributed by atoms with Crippen LogP contribution in [0.2, 0.25) is 0 Å². The van der Waals surface area contributed by atoms with E-state index in [4.69, 9.17) is 0 Å². The molecule has 0 unspecified atom stereocenters. The summed E-state index contributed by atoms with van der Waals surface area (Å²) in [5.41, 5.74) is 0. The van der Waals surface area contributed by atoms with E-state index in [-0.39, 0.29) is 6.54 Å². The van der Waals surface area contributed by atoms with E-state index in [0.29, 0.717) is 4.88 Å². The van der Waals surface area contributed by atoms with Crippen LogP contribution < -0.4 is 5.32 Å². The van der Waals surface area contributed by atoms with Crippen molar-refractivity contribution in [2.75, 3.05) is 0 Å². The van der Waals surface area contributed by atoms with Crippen molar-refractivity contribution in [3.63, 3.8) is 0 Å². The van der Waals surface area contributed by atoms with Crippen LogP contribution in [-0.2, 0) is 11.3 Å². The summed E-state index contributed by atoms with van der Waals surface area (Å²) >= 11 is 1.29. The molecule has 72 valence electrons. The van der Waals surface area contributed by atoms with E-state index in [0.717, 1.165) is 0 Å². The molecule has 1 N–H and O–H groups in total. The van der Waals surface area contributed by atoms with E-state index in [1.54, 1.807) is 22.8 Å². The van der Waals surface area contributed by atoms with Crippen molar-refractivity contribution in [3.05, 3.63) is 22.4 Å². The normalized spacial score (nSPS) is 11.3. The highest BCUT2D eigenvalue weighted by Gasteiger charge is 2.38. The van der Waals surface area contributed by atoms with Crippen LogP contribution in [0.25, 0.3) is 0 Å². The second-order valence-corrected chi connectivity index (χ2v) is 3.29. The lowest BCUT2D eigenvalue weighted by Gasteiger charge is -2.05. The lowest BCUT2D eigenvalue weighted by molar-refractivity contribution is -0.173. The minimum Gasteiger partial charge on any atom is -0.343 e. The van der Waals surface area contributed by atoms with Crippen LogP contribution >= 0.6 is 11.3 Å². The second-order valence-electron chi connectivity index (χ2n) is 2.26. The van der Waals surface area contributed by atoms with Gasteiger partial charge in [-0.25, -0.2) is 0 Å². The Bertz CT molecular complexity index is 280. The smallest absolute Gasteiger partial charge is 0.343 e. The predicted octanol–water partition coefficient (Wildman–Crippen LogP) is 1.93. The number of nitrogens with one attached hydrogen (secondary N) is 1. The Kier molecular flexibility index (Phi) is 2.92. The van der Waals surface area contributed by atoms with Crippen LogP contribution in [0.3, 0.4) is 0 Å². The topological polar surface area (TPSA) is 29.1 Å². The van der Waals surface area contributed by atoms with Gasteiger partial charge in [0.15, 0.2) is 0 Å². The summed E-state index contributed by atoms with van der Waals surface area (Å²) in [4.78, 5) is 11.0. The number of halogens is 3. The van der Waals surface area contributed by atoms with Crippen LogP contribution in [0.4, 0.5) is 13.2 Å². The van der Waals surface area contributed by atoms with Gasteiger partial charge in [0, 0.05) is 4.88 Å². The number of hydrogen-bond acceptors (Lipinski definition) is 2. The van der Waals surface area contributed by atoms with Gasteiger partial charge in [-0.15, -0.1) is 11.3 Å². The quantitative estimate of drug-likeness (QED) is 0.792. The Morgan fingerprint density at radius 3 is 2.69 bits per heavy atom. The zero-order valence-corrected chi connectivity index (χ0v) is 7.21. The molecule has 6 heteroatoms. The van der Waals surface area contributed by atoms with Crippen LogP contribution in [-0.4, -0.2) is 12.1 Å². The predicted molar refractivity (Wildman–Crippen MR) is 42.2 cm³/mol. The Morgan fingerprint density at radius 2 is 2.23 bits per heavy atom. The molecular formula is C7H6F3NOS. The van der Waals surface area contributed by atoms with Gasteiger partial charge in [-0.05, 0) is 11.4 Å². The Hall–Kier alpha value is -1.04. The molecule has 0 spiro atoms. The van der Waals surface area contributed by atoms with E-state index in [1.165, 1.54) is 11.3 Å². The minimum absolute atomic E-state index is 0.0734. The van der Waals surface area contributed by atoms with Gasteiger partial charge in [0.2, 0.25) is 0 Å². The molecule has 0 radical (unpaired) electrons. The average molecular weight is 209 g/mol. The summed E-state index contributed by atoms with van der Waals surface area (Å²) in [5.74, 6) is -1.90. The number of alkyl halides is 3. The van der Waals surface area contributed by atoms with Crippen molar-refractivity contribution >= 4 is 17.2 Å². The van der Waals surface area contributed by atoms with Crippen molar-refractivity contribution < 1.29 is 18.0 Å². The second kappa shape index (κ2) is 3.78. The molecule has 0 fully saturated rings. The molecule has 0 aliphatic rings. The molecule has 0 saturated heterocycles. The summed E-state index contributed by atoms with van der Waals surface area (Å²) in [5, 5.41) is 3.50. The maximum atomic E-state index is 11.7. The molecule has 13 heavy (non-hydrogen) atoms. The molecule has 1 heterocycles. The molecule has 0 bridgehead atoms. The van der Waals surface area contributed by atoms with E-state index in [9.17, 15) is 18.0 Å². The highest BCUT2D eigenvalue weighted by molar-refractivity contribution is 7.09. The molecule has 0 aliphatic carbocycles. The highest BCUT2D eigenvalue weighted by atomic mass is 32.1. The number of hydrogen-bond donors (Lipinski definition) is 1. The van der Waals surface area contributed by atoms with E-state index < -0.39 is 12.1 Å². The van der Waals surface area contributed by atoms with E-state index >= 15 is 0 Å². The monoisotopic (exact) mass is 209 g/mol. The first kappa shape index (κ1) is 10.0. The van der Waals surface area contributed by atoms with Gasteiger partial charge in [-0.3, -0.25) is 4.79 Å². The first-order valence-electron chi connectivity index (χ1n) is 3.37. The lowest BCUT2D eigenvalue weighted by Crippen LogP contribution is -2.36. The van der Waals surface area contributed by atoms with Crippen molar-refractivity contribution in [3.8, 4) is 0 Å². The van der Waals surface area contributed by atoms with Crippen LogP contribution in [0.1, 0.15) is 4.88 Å². The third-order valence-electron chi connectivity index (χ3n) is 1.26. The first-order chi connectivity index (χ1) is 6.00. The molecule has 0 aromatic carbocycles. The van der Waals surface area contributed by atoms with Gasteiger partial charge in [-0.2, -0.15) is 13.2 Å². The number of rotatable bonds is 2. The summed E-state index contributed by atoms with van der Waals surface area (Å²) < 4.78 is 35.0.